The Morgan fingerprint density at radius 2 is 1.63 bits per heavy atom. The first kappa shape index (κ1) is 19.0. The zero-order valence-electron chi connectivity index (χ0n) is 14.0. The van der Waals surface area contributed by atoms with Crippen molar-refractivity contribution < 1.29 is 27.1 Å². The summed E-state index contributed by atoms with van der Waals surface area (Å²) in [6.07, 6.45) is -3.95. The summed E-state index contributed by atoms with van der Waals surface area (Å²) >= 11 is 0. The fraction of sp³-hybridized carbons (Fsp3) is 0.316. The quantitative estimate of drug-likeness (QED) is 0.748. The van der Waals surface area contributed by atoms with E-state index < -0.39 is 40.6 Å². The monoisotopic (exact) mass is 382 g/mol. The van der Waals surface area contributed by atoms with Gasteiger partial charge in [-0.05, 0) is 37.0 Å². The zero-order chi connectivity index (χ0) is 19.8. The molecule has 0 unspecified atom stereocenters. The number of piperidine rings is 1. The Hall–Kier alpha value is -2.82. The van der Waals surface area contributed by atoms with E-state index in [1.54, 1.807) is 4.90 Å². The molecule has 2 aromatic rings. The van der Waals surface area contributed by atoms with Crippen LogP contribution in [0.1, 0.15) is 35.4 Å². The second-order valence-corrected chi connectivity index (χ2v) is 6.42. The van der Waals surface area contributed by atoms with E-state index in [2.05, 4.69) is 0 Å². The van der Waals surface area contributed by atoms with Gasteiger partial charge in [0, 0.05) is 36.5 Å². The van der Waals surface area contributed by atoms with E-state index in [1.807, 2.05) is 0 Å². The average Bonchev–Trinajstić information content (AvgIpc) is 2.60. The van der Waals surface area contributed by atoms with E-state index in [0.717, 1.165) is 24.3 Å². The van der Waals surface area contributed by atoms with Gasteiger partial charge in [-0.15, -0.1) is 0 Å². The van der Waals surface area contributed by atoms with Crippen molar-refractivity contribution in [2.75, 3.05) is 18.0 Å². The average molecular weight is 382 g/mol. The Labute approximate surface area is 152 Å². The van der Waals surface area contributed by atoms with Crippen LogP contribution >= 0.6 is 0 Å². The van der Waals surface area contributed by atoms with Crippen molar-refractivity contribution in [3.63, 3.8) is 0 Å². The van der Waals surface area contributed by atoms with E-state index in [-0.39, 0.29) is 5.56 Å². The lowest BCUT2D eigenvalue weighted by atomic mass is 9.88. The topological polar surface area (TPSA) is 47.3 Å². The number of phenolic OH excluding ortho intramolecular Hbond substituents is 1. The number of phenols is 1. The highest BCUT2D eigenvalue weighted by molar-refractivity contribution is 5.55. The first-order valence-corrected chi connectivity index (χ1v) is 8.25. The second kappa shape index (κ2) is 7.06. The van der Waals surface area contributed by atoms with E-state index >= 15 is 0 Å². The number of nitrogens with zero attached hydrogens (tertiary/aromatic N) is 2. The van der Waals surface area contributed by atoms with Crippen molar-refractivity contribution in [1.82, 2.24) is 0 Å². The minimum absolute atomic E-state index is 0.108. The molecule has 0 amide bonds. The molecule has 27 heavy (non-hydrogen) atoms. The fourth-order valence-corrected chi connectivity index (χ4v) is 3.45. The molecule has 0 saturated carbocycles. The molecule has 3 nitrogen and oxygen atoms in total. The molecule has 1 saturated heterocycles. The van der Waals surface area contributed by atoms with Gasteiger partial charge in [-0.3, -0.25) is 0 Å². The Balaban J connectivity index is 1.80. The number of benzene rings is 2. The van der Waals surface area contributed by atoms with Crippen LogP contribution in [0.2, 0.25) is 0 Å². The van der Waals surface area contributed by atoms with Crippen molar-refractivity contribution in [1.29, 1.82) is 5.26 Å². The van der Waals surface area contributed by atoms with E-state index in [1.165, 1.54) is 12.1 Å². The van der Waals surface area contributed by atoms with E-state index in [4.69, 9.17) is 5.26 Å². The number of aromatic hydroxyl groups is 1. The highest BCUT2D eigenvalue weighted by Gasteiger charge is 2.34. The smallest absolute Gasteiger partial charge is 0.417 e. The SMILES string of the molecule is N#Cc1ccc(N2CCC(c3c(F)cc(O)cc3F)CC2)cc1C(F)(F)F. The standard InChI is InChI=1S/C19H15F5N2O/c20-16-8-14(27)9-17(21)18(16)11-3-5-26(6-4-11)13-2-1-12(10-25)15(7-13)19(22,23)24/h1-2,7-9,11,27H,3-6H2. The van der Waals surface area contributed by atoms with Gasteiger partial charge in [0.15, 0.2) is 0 Å². The van der Waals surface area contributed by atoms with Gasteiger partial charge in [0.2, 0.25) is 0 Å². The third kappa shape index (κ3) is 3.82. The van der Waals surface area contributed by atoms with Gasteiger partial charge in [-0.2, -0.15) is 18.4 Å². The van der Waals surface area contributed by atoms with Gasteiger partial charge < -0.3 is 10.0 Å². The molecule has 1 aliphatic heterocycles. The molecule has 0 atom stereocenters. The molecule has 1 fully saturated rings. The third-order valence-corrected chi connectivity index (χ3v) is 4.76. The number of nitriles is 1. The molecule has 0 bridgehead atoms. The minimum Gasteiger partial charge on any atom is -0.508 e. The number of anilines is 1. The third-order valence-electron chi connectivity index (χ3n) is 4.76. The predicted octanol–water partition coefficient (Wildman–Crippen LogP) is 4.94. The molecule has 1 N–H and O–H groups in total. The summed E-state index contributed by atoms with van der Waals surface area (Å²) in [6.45, 7) is 0.626. The normalized spacial score (nSPS) is 15.6. The summed E-state index contributed by atoms with van der Waals surface area (Å²) in [5.74, 6) is -2.59. The van der Waals surface area contributed by atoms with Crippen LogP contribution in [-0.2, 0) is 6.18 Å². The van der Waals surface area contributed by atoms with Gasteiger partial charge in [-0.1, -0.05) is 0 Å². The van der Waals surface area contributed by atoms with Crippen molar-refractivity contribution >= 4 is 5.69 Å². The Bertz CT molecular complexity index is 873. The molecule has 0 aromatic heterocycles. The van der Waals surface area contributed by atoms with Gasteiger partial charge in [0.1, 0.15) is 17.4 Å². The largest absolute Gasteiger partial charge is 0.508 e. The Kier molecular flexibility index (Phi) is 4.96. The molecular weight excluding hydrogens is 367 g/mol. The number of hydrogen-bond donors (Lipinski definition) is 1. The molecule has 142 valence electrons. The Morgan fingerprint density at radius 3 is 2.15 bits per heavy atom. The van der Waals surface area contributed by atoms with Crippen LogP contribution in [0.4, 0.5) is 27.6 Å². The highest BCUT2D eigenvalue weighted by atomic mass is 19.4. The van der Waals surface area contributed by atoms with Crippen LogP contribution < -0.4 is 4.90 Å². The maximum atomic E-state index is 14.0. The van der Waals surface area contributed by atoms with Crippen LogP contribution in [-0.4, -0.2) is 18.2 Å². The molecular formula is C19H15F5N2O. The van der Waals surface area contributed by atoms with Crippen LogP contribution in [0.5, 0.6) is 5.75 Å². The van der Waals surface area contributed by atoms with E-state index in [9.17, 15) is 27.1 Å². The van der Waals surface area contributed by atoms with Gasteiger partial charge in [0.05, 0.1) is 17.2 Å². The van der Waals surface area contributed by atoms with Crippen LogP contribution in [0.3, 0.4) is 0 Å². The lowest BCUT2D eigenvalue weighted by molar-refractivity contribution is -0.137. The summed E-state index contributed by atoms with van der Waals surface area (Å²) in [6, 6.07) is 6.73. The van der Waals surface area contributed by atoms with Crippen molar-refractivity contribution in [3.8, 4) is 11.8 Å². The first-order chi connectivity index (χ1) is 12.7. The number of alkyl halides is 3. The minimum atomic E-state index is -4.64. The molecule has 3 rings (SSSR count). The van der Waals surface area contributed by atoms with E-state index in [0.29, 0.717) is 31.6 Å². The first-order valence-electron chi connectivity index (χ1n) is 8.25. The molecule has 0 aliphatic carbocycles. The summed E-state index contributed by atoms with van der Waals surface area (Å²) in [4.78, 5) is 1.70. The molecule has 8 heteroatoms. The molecule has 0 spiro atoms. The van der Waals surface area contributed by atoms with Crippen molar-refractivity contribution in [2.24, 2.45) is 0 Å². The zero-order valence-corrected chi connectivity index (χ0v) is 14.0. The maximum absolute atomic E-state index is 14.0. The molecule has 1 aliphatic rings. The summed E-state index contributed by atoms with van der Waals surface area (Å²) in [5.41, 5.74) is -1.25. The molecule has 0 radical (unpaired) electrons. The summed E-state index contributed by atoms with van der Waals surface area (Å²) < 4.78 is 67.4. The predicted molar refractivity (Wildman–Crippen MR) is 88.4 cm³/mol. The lowest BCUT2D eigenvalue weighted by Gasteiger charge is -2.34. The van der Waals surface area contributed by atoms with Gasteiger partial charge in [0.25, 0.3) is 0 Å². The van der Waals surface area contributed by atoms with Gasteiger partial charge >= 0.3 is 6.18 Å². The highest BCUT2D eigenvalue weighted by Crippen LogP contribution is 2.37. The van der Waals surface area contributed by atoms with Crippen LogP contribution in [0.15, 0.2) is 30.3 Å². The van der Waals surface area contributed by atoms with Gasteiger partial charge in [-0.25, -0.2) is 8.78 Å². The lowest BCUT2D eigenvalue weighted by Crippen LogP contribution is -2.33. The second-order valence-electron chi connectivity index (χ2n) is 6.42. The number of hydrogen-bond acceptors (Lipinski definition) is 3. The molecule has 1 heterocycles. The Morgan fingerprint density at radius 1 is 1.04 bits per heavy atom. The fourth-order valence-electron chi connectivity index (χ4n) is 3.45. The number of halogens is 5. The van der Waals surface area contributed by atoms with Crippen LogP contribution in [0, 0.1) is 23.0 Å². The molecule has 2 aromatic carbocycles. The number of rotatable bonds is 2. The summed E-state index contributed by atoms with van der Waals surface area (Å²) in [7, 11) is 0. The van der Waals surface area contributed by atoms with Crippen LogP contribution in [0.25, 0.3) is 0 Å². The summed E-state index contributed by atoms with van der Waals surface area (Å²) in [5, 5.41) is 18.1. The van der Waals surface area contributed by atoms with Crippen molar-refractivity contribution in [3.05, 3.63) is 58.7 Å². The van der Waals surface area contributed by atoms with Crippen molar-refractivity contribution in [2.45, 2.75) is 24.9 Å². The maximum Gasteiger partial charge on any atom is 0.417 e.